The summed E-state index contributed by atoms with van der Waals surface area (Å²) < 4.78 is 0. The lowest BCUT2D eigenvalue weighted by Gasteiger charge is -2.18. The molecule has 23 heavy (non-hydrogen) atoms. The Labute approximate surface area is 133 Å². The fourth-order valence-electron chi connectivity index (χ4n) is 3.19. The summed E-state index contributed by atoms with van der Waals surface area (Å²) in [4.78, 5) is 30.7. The first-order valence-electron chi connectivity index (χ1n) is 7.65. The van der Waals surface area contributed by atoms with Crippen LogP contribution >= 0.6 is 0 Å². The minimum Gasteiger partial charge on any atom is -0.337 e. The molecular weight excluding hydrogens is 290 g/mol. The van der Waals surface area contributed by atoms with Gasteiger partial charge in [0.05, 0.1) is 28.3 Å². The van der Waals surface area contributed by atoms with E-state index >= 15 is 0 Å². The average Bonchev–Trinajstić information content (AvgIpc) is 3.05. The van der Waals surface area contributed by atoms with Crippen molar-refractivity contribution in [2.24, 2.45) is 0 Å². The normalized spacial score (nSPS) is 16.1. The number of H-pyrrole nitrogens is 1. The number of nitrogens with zero attached hydrogens (tertiary/aromatic N) is 4. The highest BCUT2D eigenvalue weighted by Gasteiger charge is 2.43. The molecular formula is C17H17N5O. The van der Waals surface area contributed by atoms with Crippen LogP contribution in [0.15, 0.2) is 30.7 Å². The Balaban J connectivity index is 1.92. The molecule has 2 aromatic heterocycles. The molecule has 1 aromatic carbocycles. The number of amides is 1. The predicted molar refractivity (Wildman–Crippen MR) is 88.2 cm³/mol. The van der Waals surface area contributed by atoms with Gasteiger partial charge in [-0.1, -0.05) is 0 Å². The second-order valence-corrected chi connectivity index (χ2v) is 6.24. The van der Waals surface area contributed by atoms with Crippen molar-refractivity contribution < 1.29 is 4.79 Å². The SMILES string of the molecule is CCN1C(=O)C(C)(C)c2cc3nc(-c4cnccn4)[nH]c3cc21. The number of hydrogen-bond acceptors (Lipinski definition) is 4. The zero-order valence-electron chi connectivity index (χ0n) is 13.3. The third kappa shape index (κ3) is 1.87. The van der Waals surface area contributed by atoms with Crippen LogP contribution in [0.5, 0.6) is 0 Å². The minimum absolute atomic E-state index is 0.136. The van der Waals surface area contributed by atoms with E-state index in [9.17, 15) is 4.79 Å². The Hall–Kier alpha value is -2.76. The van der Waals surface area contributed by atoms with E-state index < -0.39 is 5.41 Å². The van der Waals surface area contributed by atoms with Crippen molar-refractivity contribution in [1.29, 1.82) is 0 Å². The molecule has 0 aliphatic carbocycles. The number of imidazole rings is 1. The smallest absolute Gasteiger partial charge is 0.237 e. The van der Waals surface area contributed by atoms with Gasteiger partial charge in [0.15, 0.2) is 5.82 Å². The number of aromatic amines is 1. The van der Waals surface area contributed by atoms with Crippen molar-refractivity contribution in [2.45, 2.75) is 26.2 Å². The van der Waals surface area contributed by atoms with Crippen LogP contribution in [0.2, 0.25) is 0 Å². The summed E-state index contributed by atoms with van der Waals surface area (Å²) in [6.07, 6.45) is 4.95. The summed E-state index contributed by atoms with van der Waals surface area (Å²) in [5.74, 6) is 0.820. The van der Waals surface area contributed by atoms with Crippen molar-refractivity contribution >= 4 is 22.6 Å². The van der Waals surface area contributed by atoms with Crippen molar-refractivity contribution in [2.75, 3.05) is 11.4 Å². The third-order valence-corrected chi connectivity index (χ3v) is 4.47. The number of hydrogen-bond donors (Lipinski definition) is 1. The number of carbonyl (C=O) groups excluding carboxylic acids is 1. The largest absolute Gasteiger partial charge is 0.337 e. The van der Waals surface area contributed by atoms with Gasteiger partial charge in [0.25, 0.3) is 0 Å². The van der Waals surface area contributed by atoms with Crippen LogP contribution in [-0.2, 0) is 10.2 Å². The van der Waals surface area contributed by atoms with Crippen molar-refractivity contribution in [1.82, 2.24) is 19.9 Å². The van der Waals surface area contributed by atoms with Crippen LogP contribution in [-0.4, -0.2) is 32.4 Å². The van der Waals surface area contributed by atoms with Crippen LogP contribution in [0.1, 0.15) is 26.3 Å². The standard InChI is InChI=1S/C17H17N5O/c1-4-22-14-8-12-11(7-10(14)17(2,3)16(22)23)20-15(21-12)13-9-18-5-6-19-13/h5-9H,4H2,1-3H3,(H,20,21). The van der Waals surface area contributed by atoms with E-state index in [2.05, 4.69) is 19.9 Å². The molecule has 1 aliphatic rings. The molecule has 0 saturated carbocycles. The fraction of sp³-hybridized carbons (Fsp3) is 0.294. The molecule has 0 fully saturated rings. The number of nitrogens with one attached hydrogen (secondary N) is 1. The lowest BCUT2D eigenvalue weighted by atomic mass is 9.86. The highest BCUT2D eigenvalue weighted by atomic mass is 16.2. The molecule has 0 bridgehead atoms. The Kier molecular flexibility index (Phi) is 2.78. The van der Waals surface area contributed by atoms with E-state index in [4.69, 9.17) is 0 Å². The Bertz CT molecular complexity index is 913. The highest BCUT2D eigenvalue weighted by Crippen LogP contribution is 2.43. The zero-order valence-corrected chi connectivity index (χ0v) is 13.3. The summed E-state index contributed by atoms with van der Waals surface area (Å²) in [6.45, 7) is 6.58. The first kappa shape index (κ1) is 13.9. The van der Waals surface area contributed by atoms with Crippen LogP contribution in [0.25, 0.3) is 22.6 Å². The van der Waals surface area contributed by atoms with E-state index in [0.717, 1.165) is 22.3 Å². The molecule has 0 spiro atoms. The van der Waals surface area contributed by atoms with Gasteiger partial charge in [-0.25, -0.2) is 9.97 Å². The minimum atomic E-state index is -0.523. The molecule has 0 atom stereocenters. The van der Waals surface area contributed by atoms with Crippen LogP contribution in [0, 0.1) is 0 Å². The number of likely N-dealkylation sites (N-methyl/N-ethyl adjacent to an activating group) is 1. The zero-order chi connectivity index (χ0) is 16.2. The van der Waals surface area contributed by atoms with Crippen LogP contribution in [0.3, 0.4) is 0 Å². The summed E-state index contributed by atoms with van der Waals surface area (Å²) >= 11 is 0. The van der Waals surface area contributed by atoms with Gasteiger partial charge in [0.1, 0.15) is 5.69 Å². The summed E-state index contributed by atoms with van der Waals surface area (Å²) in [5.41, 5.74) is 3.90. The maximum absolute atomic E-state index is 12.6. The first-order chi connectivity index (χ1) is 11.0. The van der Waals surface area contributed by atoms with Crippen LogP contribution < -0.4 is 4.90 Å². The molecule has 6 nitrogen and oxygen atoms in total. The van der Waals surface area contributed by atoms with E-state index in [0.29, 0.717) is 18.1 Å². The molecule has 1 aliphatic heterocycles. The number of benzene rings is 1. The number of rotatable bonds is 2. The van der Waals surface area contributed by atoms with Gasteiger partial charge >= 0.3 is 0 Å². The lowest BCUT2D eigenvalue weighted by molar-refractivity contribution is -0.122. The van der Waals surface area contributed by atoms with Gasteiger partial charge in [-0.3, -0.25) is 9.78 Å². The maximum Gasteiger partial charge on any atom is 0.237 e. The third-order valence-electron chi connectivity index (χ3n) is 4.47. The quantitative estimate of drug-likeness (QED) is 0.790. The second-order valence-electron chi connectivity index (χ2n) is 6.24. The molecule has 116 valence electrons. The Morgan fingerprint density at radius 3 is 2.78 bits per heavy atom. The molecule has 0 saturated heterocycles. The summed E-state index contributed by atoms with van der Waals surface area (Å²) in [6, 6.07) is 4.02. The summed E-state index contributed by atoms with van der Waals surface area (Å²) in [5, 5.41) is 0. The van der Waals surface area contributed by atoms with Gasteiger partial charge in [-0.2, -0.15) is 0 Å². The number of fused-ring (bicyclic) bond motifs is 2. The van der Waals surface area contributed by atoms with E-state index in [1.165, 1.54) is 0 Å². The molecule has 3 heterocycles. The van der Waals surface area contributed by atoms with Gasteiger partial charge in [-0.15, -0.1) is 0 Å². The van der Waals surface area contributed by atoms with Crippen LogP contribution in [0.4, 0.5) is 5.69 Å². The Morgan fingerprint density at radius 1 is 1.26 bits per heavy atom. The highest BCUT2D eigenvalue weighted by molar-refractivity contribution is 6.09. The topological polar surface area (TPSA) is 74.8 Å². The Morgan fingerprint density at radius 2 is 2.09 bits per heavy atom. The van der Waals surface area contributed by atoms with Gasteiger partial charge in [0.2, 0.25) is 5.91 Å². The first-order valence-corrected chi connectivity index (χ1v) is 7.65. The molecule has 1 amide bonds. The van der Waals surface area contributed by atoms with E-state index in [1.54, 1.807) is 18.6 Å². The monoisotopic (exact) mass is 307 g/mol. The van der Waals surface area contributed by atoms with E-state index in [-0.39, 0.29) is 5.91 Å². The van der Waals surface area contributed by atoms with Crippen molar-refractivity contribution in [3.05, 3.63) is 36.3 Å². The van der Waals surface area contributed by atoms with Gasteiger partial charge in [0, 0.05) is 18.9 Å². The molecule has 6 heteroatoms. The summed E-state index contributed by atoms with van der Waals surface area (Å²) in [7, 11) is 0. The van der Waals surface area contributed by atoms with Gasteiger partial charge < -0.3 is 9.88 Å². The predicted octanol–water partition coefficient (Wildman–Crippen LogP) is 2.66. The van der Waals surface area contributed by atoms with Gasteiger partial charge in [-0.05, 0) is 38.5 Å². The number of anilines is 1. The average molecular weight is 307 g/mol. The molecule has 0 unspecified atom stereocenters. The van der Waals surface area contributed by atoms with Crippen molar-refractivity contribution in [3.63, 3.8) is 0 Å². The lowest BCUT2D eigenvalue weighted by Crippen LogP contribution is -2.35. The number of carbonyl (C=O) groups is 1. The molecule has 0 radical (unpaired) electrons. The van der Waals surface area contributed by atoms with E-state index in [1.807, 2.05) is 37.8 Å². The molecule has 4 rings (SSSR count). The fourth-order valence-corrected chi connectivity index (χ4v) is 3.19. The molecule has 1 N–H and O–H groups in total. The van der Waals surface area contributed by atoms with Crippen molar-refractivity contribution in [3.8, 4) is 11.5 Å². The number of aromatic nitrogens is 4. The molecule has 3 aromatic rings. The second kappa shape index (κ2) is 4.62. The maximum atomic E-state index is 12.6.